The van der Waals surface area contributed by atoms with Crippen molar-refractivity contribution in [3.63, 3.8) is 0 Å². The lowest BCUT2D eigenvalue weighted by Gasteiger charge is -2.38. The summed E-state index contributed by atoms with van der Waals surface area (Å²) in [5.74, 6) is 0. The first-order valence-corrected chi connectivity index (χ1v) is 12.0. The Kier molecular flexibility index (Phi) is 7.79. The molecule has 0 bridgehead atoms. The number of hydrogen-bond donors (Lipinski definition) is 2. The number of nitrogens with one attached hydrogen (secondary N) is 2. The molecule has 0 spiro atoms. The van der Waals surface area contributed by atoms with E-state index < -0.39 is 0 Å². The van der Waals surface area contributed by atoms with Gasteiger partial charge in [0.25, 0.3) is 0 Å². The number of aryl methyl sites for hydroxylation is 2. The zero-order valence-corrected chi connectivity index (χ0v) is 19.8. The molecule has 4 heteroatoms. The molecule has 0 aromatic heterocycles. The Hall–Kier alpha value is -3.11. The first-order valence-electron chi connectivity index (χ1n) is 12.0. The number of carbonyl (C=O) groups is 1. The largest absolute Gasteiger partial charge is 0.379 e. The van der Waals surface area contributed by atoms with Crippen molar-refractivity contribution in [2.75, 3.05) is 23.7 Å². The Balaban J connectivity index is 1.56. The Morgan fingerprint density at radius 3 is 2.06 bits per heavy atom. The van der Waals surface area contributed by atoms with E-state index in [1.54, 1.807) is 0 Å². The highest BCUT2D eigenvalue weighted by Crippen LogP contribution is 2.31. The van der Waals surface area contributed by atoms with Crippen LogP contribution in [0.5, 0.6) is 0 Å². The minimum absolute atomic E-state index is 0.00792. The van der Waals surface area contributed by atoms with E-state index >= 15 is 0 Å². The second-order valence-electron chi connectivity index (χ2n) is 9.14. The SMILES string of the molecule is Cc1ccc(CNc2ccccc2NC(C=O)C(c2ccc(C)cc2)N2CCCCC2)cc1. The minimum atomic E-state index is -0.340. The number of carbonyl (C=O) groups excluding carboxylic acids is 1. The molecule has 4 rings (SSSR count). The van der Waals surface area contributed by atoms with Gasteiger partial charge in [0.15, 0.2) is 0 Å². The second kappa shape index (κ2) is 11.2. The Labute approximate surface area is 198 Å². The van der Waals surface area contributed by atoms with Crippen molar-refractivity contribution in [3.05, 3.63) is 95.1 Å². The molecule has 172 valence electrons. The van der Waals surface area contributed by atoms with Gasteiger partial charge in [0.05, 0.1) is 17.4 Å². The maximum absolute atomic E-state index is 12.4. The van der Waals surface area contributed by atoms with Crippen LogP contribution < -0.4 is 10.6 Å². The van der Waals surface area contributed by atoms with Crippen LogP contribution in [-0.4, -0.2) is 30.3 Å². The van der Waals surface area contributed by atoms with Gasteiger partial charge in [-0.15, -0.1) is 0 Å². The van der Waals surface area contributed by atoms with Crippen LogP contribution in [0, 0.1) is 13.8 Å². The predicted octanol–water partition coefficient (Wildman–Crippen LogP) is 6.12. The number of aldehydes is 1. The van der Waals surface area contributed by atoms with Gasteiger partial charge in [-0.25, -0.2) is 0 Å². The van der Waals surface area contributed by atoms with Gasteiger partial charge in [-0.1, -0.05) is 78.2 Å². The van der Waals surface area contributed by atoms with E-state index in [2.05, 4.69) is 90.0 Å². The van der Waals surface area contributed by atoms with Gasteiger partial charge in [0.1, 0.15) is 12.3 Å². The number of para-hydroxylation sites is 2. The van der Waals surface area contributed by atoms with Crippen LogP contribution >= 0.6 is 0 Å². The summed E-state index contributed by atoms with van der Waals surface area (Å²) in [5, 5.41) is 7.13. The number of anilines is 2. The fourth-order valence-electron chi connectivity index (χ4n) is 4.64. The lowest BCUT2D eigenvalue weighted by molar-refractivity contribution is -0.109. The van der Waals surface area contributed by atoms with Crippen molar-refractivity contribution >= 4 is 17.7 Å². The van der Waals surface area contributed by atoms with Gasteiger partial charge < -0.3 is 15.4 Å². The third-order valence-corrected chi connectivity index (χ3v) is 6.54. The van der Waals surface area contributed by atoms with Crippen LogP contribution in [0.1, 0.15) is 47.6 Å². The molecule has 1 fully saturated rings. The van der Waals surface area contributed by atoms with Crippen molar-refractivity contribution in [2.45, 2.75) is 51.7 Å². The van der Waals surface area contributed by atoms with Crippen LogP contribution in [-0.2, 0) is 11.3 Å². The number of nitrogens with zero attached hydrogens (tertiary/aromatic N) is 1. The Bertz CT molecular complexity index is 1020. The van der Waals surface area contributed by atoms with Gasteiger partial charge in [-0.2, -0.15) is 0 Å². The zero-order chi connectivity index (χ0) is 23.0. The predicted molar refractivity (Wildman–Crippen MR) is 138 cm³/mol. The summed E-state index contributed by atoms with van der Waals surface area (Å²) in [6, 6.07) is 25.0. The summed E-state index contributed by atoms with van der Waals surface area (Å²) >= 11 is 0. The number of benzene rings is 3. The van der Waals surface area contributed by atoms with Gasteiger partial charge >= 0.3 is 0 Å². The molecule has 0 radical (unpaired) electrons. The molecule has 2 unspecified atom stereocenters. The van der Waals surface area contributed by atoms with Crippen LogP contribution in [0.25, 0.3) is 0 Å². The van der Waals surface area contributed by atoms with Crippen LogP contribution in [0.2, 0.25) is 0 Å². The standard InChI is InChI=1S/C29H35N3O/c1-22-10-14-24(15-11-22)20-30-26-8-4-5-9-27(26)31-28(21-33)29(32-18-6-3-7-19-32)25-16-12-23(2)13-17-25/h4-5,8-17,21,28-31H,3,6-7,18-20H2,1-2H3. The summed E-state index contributed by atoms with van der Waals surface area (Å²) in [6.45, 7) is 6.99. The lowest BCUT2D eigenvalue weighted by Crippen LogP contribution is -2.43. The van der Waals surface area contributed by atoms with Crippen molar-refractivity contribution < 1.29 is 4.79 Å². The molecule has 2 N–H and O–H groups in total. The molecule has 3 aromatic carbocycles. The highest BCUT2D eigenvalue weighted by atomic mass is 16.1. The minimum Gasteiger partial charge on any atom is -0.379 e. The third kappa shape index (κ3) is 6.02. The van der Waals surface area contributed by atoms with Crippen molar-refractivity contribution in [1.82, 2.24) is 4.90 Å². The molecular formula is C29H35N3O. The van der Waals surface area contributed by atoms with Gasteiger partial charge in [-0.3, -0.25) is 4.90 Å². The fraction of sp³-hybridized carbons (Fsp3) is 0.345. The highest BCUT2D eigenvalue weighted by molar-refractivity contribution is 5.74. The fourth-order valence-corrected chi connectivity index (χ4v) is 4.64. The molecule has 3 aromatic rings. The van der Waals surface area contributed by atoms with Crippen molar-refractivity contribution in [1.29, 1.82) is 0 Å². The monoisotopic (exact) mass is 441 g/mol. The normalized spacial score (nSPS) is 16.1. The Morgan fingerprint density at radius 1 is 0.818 bits per heavy atom. The summed E-state index contributed by atoms with van der Waals surface area (Å²) in [6.07, 6.45) is 4.71. The molecular weight excluding hydrogens is 406 g/mol. The highest BCUT2D eigenvalue weighted by Gasteiger charge is 2.30. The maximum atomic E-state index is 12.4. The molecule has 1 aliphatic rings. The quantitative estimate of drug-likeness (QED) is 0.393. The molecule has 1 heterocycles. The zero-order valence-electron chi connectivity index (χ0n) is 19.8. The molecule has 0 saturated carbocycles. The van der Waals surface area contributed by atoms with E-state index in [0.29, 0.717) is 0 Å². The summed E-state index contributed by atoms with van der Waals surface area (Å²) in [4.78, 5) is 14.9. The number of likely N-dealkylation sites (tertiary alicyclic amines) is 1. The molecule has 33 heavy (non-hydrogen) atoms. The van der Waals surface area contributed by atoms with Gasteiger partial charge in [-0.05, 0) is 63.0 Å². The van der Waals surface area contributed by atoms with Crippen LogP contribution in [0.3, 0.4) is 0 Å². The van der Waals surface area contributed by atoms with Gasteiger partial charge in [0, 0.05) is 6.54 Å². The summed E-state index contributed by atoms with van der Waals surface area (Å²) in [7, 11) is 0. The van der Waals surface area contributed by atoms with Crippen LogP contribution in [0.4, 0.5) is 11.4 Å². The molecule has 0 amide bonds. The molecule has 2 atom stereocenters. The van der Waals surface area contributed by atoms with E-state index in [-0.39, 0.29) is 12.1 Å². The first kappa shape index (κ1) is 23.1. The second-order valence-corrected chi connectivity index (χ2v) is 9.14. The number of hydrogen-bond acceptors (Lipinski definition) is 4. The van der Waals surface area contributed by atoms with E-state index in [9.17, 15) is 4.79 Å². The van der Waals surface area contributed by atoms with E-state index in [4.69, 9.17) is 0 Å². The third-order valence-electron chi connectivity index (χ3n) is 6.54. The molecule has 1 aliphatic heterocycles. The first-order chi connectivity index (χ1) is 16.1. The van der Waals surface area contributed by atoms with E-state index in [1.807, 2.05) is 12.1 Å². The smallest absolute Gasteiger partial charge is 0.144 e. The van der Waals surface area contributed by atoms with Crippen molar-refractivity contribution in [3.8, 4) is 0 Å². The van der Waals surface area contributed by atoms with E-state index in [1.165, 1.54) is 41.5 Å². The lowest BCUT2D eigenvalue weighted by atomic mass is 9.94. The molecule has 1 saturated heterocycles. The van der Waals surface area contributed by atoms with Gasteiger partial charge in [0.2, 0.25) is 0 Å². The molecule has 0 aliphatic carbocycles. The number of rotatable bonds is 9. The Morgan fingerprint density at radius 2 is 1.42 bits per heavy atom. The number of piperidine rings is 1. The van der Waals surface area contributed by atoms with Crippen LogP contribution in [0.15, 0.2) is 72.8 Å². The summed E-state index contributed by atoms with van der Waals surface area (Å²) in [5.41, 5.74) is 6.87. The van der Waals surface area contributed by atoms with Crippen molar-refractivity contribution in [2.24, 2.45) is 0 Å². The van der Waals surface area contributed by atoms with E-state index in [0.717, 1.165) is 37.3 Å². The average molecular weight is 442 g/mol. The average Bonchev–Trinajstić information content (AvgIpc) is 2.86. The molecule has 4 nitrogen and oxygen atoms in total. The topological polar surface area (TPSA) is 44.4 Å². The summed E-state index contributed by atoms with van der Waals surface area (Å²) < 4.78 is 0. The maximum Gasteiger partial charge on any atom is 0.144 e.